The van der Waals surface area contributed by atoms with Gasteiger partial charge in [-0.05, 0) is 36.6 Å². The maximum atomic E-state index is 13.4. The summed E-state index contributed by atoms with van der Waals surface area (Å²) in [5.41, 5.74) is 2.42. The minimum absolute atomic E-state index is 0.0986. The molecule has 2 nitrogen and oxygen atoms in total. The standard InChI is InChI=1S/C17H14ClFO2/c18-14-8-7-11(9-15(14)19)10-21-17-6-2-3-12-13(17)4-1-5-16(12)20/h2-3,6-9H,1,4-5,10H2. The first kappa shape index (κ1) is 14.1. The third-order valence-corrected chi connectivity index (χ3v) is 3.95. The Kier molecular flexibility index (Phi) is 3.93. The zero-order valence-electron chi connectivity index (χ0n) is 11.4. The van der Waals surface area contributed by atoms with E-state index in [1.165, 1.54) is 12.1 Å². The predicted molar refractivity (Wildman–Crippen MR) is 79.5 cm³/mol. The van der Waals surface area contributed by atoms with E-state index in [4.69, 9.17) is 16.3 Å². The van der Waals surface area contributed by atoms with Crippen molar-refractivity contribution >= 4 is 17.4 Å². The highest BCUT2D eigenvalue weighted by Crippen LogP contribution is 2.30. The first-order valence-corrected chi connectivity index (χ1v) is 7.25. The summed E-state index contributed by atoms with van der Waals surface area (Å²) in [7, 11) is 0. The molecule has 1 aliphatic carbocycles. The van der Waals surface area contributed by atoms with E-state index < -0.39 is 5.82 Å². The maximum absolute atomic E-state index is 13.4. The lowest BCUT2D eigenvalue weighted by atomic mass is 9.90. The van der Waals surface area contributed by atoms with Crippen LogP contribution in [0.5, 0.6) is 5.75 Å². The van der Waals surface area contributed by atoms with Gasteiger partial charge in [-0.15, -0.1) is 0 Å². The van der Waals surface area contributed by atoms with Crippen LogP contribution in [0.4, 0.5) is 4.39 Å². The number of carbonyl (C=O) groups excluding carboxylic acids is 1. The van der Waals surface area contributed by atoms with Crippen molar-refractivity contribution in [3.05, 3.63) is 63.9 Å². The van der Waals surface area contributed by atoms with Crippen molar-refractivity contribution in [2.45, 2.75) is 25.9 Å². The van der Waals surface area contributed by atoms with E-state index in [2.05, 4.69) is 0 Å². The van der Waals surface area contributed by atoms with Crippen molar-refractivity contribution < 1.29 is 13.9 Å². The Hall–Kier alpha value is -1.87. The van der Waals surface area contributed by atoms with Gasteiger partial charge in [-0.1, -0.05) is 29.8 Å². The van der Waals surface area contributed by atoms with E-state index in [0.717, 1.165) is 24.0 Å². The molecule has 1 aliphatic rings. The molecule has 0 bridgehead atoms. The number of carbonyl (C=O) groups is 1. The molecule has 0 heterocycles. The minimum atomic E-state index is -0.456. The normalized spacial score (nSPS) is 13.9. The molecule has 0 saturated heterocycles. The molecule has 0 aliphatic heterocycles. The van der Waals surface area contributed by atoms with Crippen molar-refractivity contribution in [3.63, 3.8) is 0 Å². The van der Waals surface area contributed by atoms with Gasteiger partial charge in [-0.3, -0.25) is 4.79 Å². The zero-order valence-corrected chi connectivity index (χ0v) is 12.1. The van der Waals surface area contributed by atoms with Gasteiger partial charge in [0.05, 0.1) is 5.02 Å². The molecule has 2 aromatic carbocycles. The number of hydrogen-bond acceptors (Lipinski definition) is 2. The number of ether oxygens (including phenoxy) is 1. The van der Waals surface area contributed by atoms with Crippen molar-refractivity contribution in [3.8, 4) is 5.75 Å². The summed E-state index contributed by atoms with van der Waals surface area (Å²) in [4.78, 5) is 11.9. The van der Waals surface area contributed by atoms with Crippen LogP contribution in [0.1, 0.15) is 34.3 Å². The summed E-state index contributed by atoms with van der Waals surface area (Å²) in [5.74, 6) is 0.415. The summed E-state index contributed by atoms with van der Waals surface area (Å²) in [6.45, 7) is 0.249. The van der Waals surface area contributed by atoms with Crippen LogP contribution in [0.2, 0.25) is 5.02 Å². The summed E-state index contributed by atoms with van der Waals surface area (Å²) in [6.07, 6.45) is 2.28. The van der Waals surface area contributed by atoms with Crippen molar-refractivity contribution in [2.24, 2.45) is 0 Å². The fourth-order valence-electron chi connectivity index (χ4n) is 2.57. The van der Waals surface area contributed by atoms with Gasteiger partial charge in [0, 0.05) is 17.5 Å². The second kappa shape index (κ2) is 5.86. The van der Waals surface area contributed by atoms with Gasteiger partial charge in [0.15, 0.2) is 5.78 Å². The number of ketones is 1. The molecule has 0 amide bonds. The SMILES string of the molecule is O=C1CCCc2c(OCc3ccc(Cl)c(F)c3)cccc21. The van der Waals surface area contributed by atoms with Gasteiger partial charge in [0.25, 0.3) is 0 Å². The molecular weight excluding hydrogens is 291 g/mol. The molecule has 0 saturated carbocycles. The largest absolute Gasteiger partial charge is 0.489 e. The number of Topliss-reactive ketones (excluding diaryl/α,β-unsaturated/α-hetero) is 1. The van der Waals surface area contributed by atoms with Crippen LogP contribution in [0.25, 0.3) is 0 Å². The fourth-order valence-corrected chi connectivity index (χ4v) is 2.69. The molecule has 2 aromatic rings. The van der Waals surface area contributed by atoms with E-state index in [0.29, 0.717) is 17.7 Å². The molecule has 3 rings (SSSR count). The Morgan fingerprint density at radius 2 is 2.05 bits per heavy atom. The number of fused-ring (bicyclic) bond motifs is 1. The minimum Gasteiger partial charge on any atom is -0.489 e. The average molecular weight is 305 g/mol. The molecule has 0 N–H and O–H groups in total. The van der Waals surface area contributed by atoms with E-state index in [1.54, 1.807) is 6.07 Å². The van der Waals surface area contributed by atoms with Gasteiger partial charge in [0.2, 0.25) is 0 Å². The summed E-state index contributed by atoms with van der Waals surface area (Å²) in [6, 6.07) is 10.1. The molecule has 0 spiro atoms. The maximum Gasteiger partial charge on any atom is 0.163 e. The van der Waals surface area contributed by atoms with E-state index in [9.17, 15) is 9.18 Å². The van der Waals surface area contributed by atoms with Gasteiger partial charge >= 0.3 is 0 Å². The smallest absolute Gasteiger partial charge is 0.163 e. The zero-order chi connectivity index (χ0) is 14.8. The van der Waals surface area contributed by atoms with Gasteiger partial charge in [0.1, 0.15) is 18.2 Å². The number of halogens is 2. The number of hydrogen-bond donors (Lipinski definition) is 0. The molecule has 4 heteroatoms. The van der Waals surface area contributed by atoms with Crippen LogP contribution in [0, 0.1) is 5.82 Å². The van der Waals surface area contributed by atoms with Crippen LogP contribution >= 0.6 is 11.6 Å². The molecule has 108 valence electrons. The topological polar surface area (TPSA) is 26.3 Å². The fraction of sp³-hybridized carbons (Fsp3) is 0.235. The highest BCUT2D eigenvalue weighted by Gasteiger charge is 2.20. The lowest BCUT2D eigenvalue weighted by Crippen LogP contribution is -2.12. The predicted octanol–water partition coefficient (Wildman–Crippen LogP) is 4.58. The molecule has 0 aromatic heterocycles. The highest BCUT2D eigenvalue weighted by atomic mass is 35.5. The van der Waals surface area contributed by atoms with Crippen LogP contribution in [-0.2, 0) is 13.0 Å². The highest BCUT2D eigenvalue weighted by molar-refractivity contribution is 6.30. The summed E-state index contributed by atoms with van der Waals surface area (Å²) in [5, 5.41) is 0.0986. The molecule has 0 unspecified atom stereocenters. The van der Waals surface area contributed by atoms with Crippen molar-refractivity contribution in [1.29, 1.82) is 0 Å². The van der Waals surface area contributed by atoms with Crippen LogP contribution in [0.15, 0.2) is 36.4 Å². The second-order valence-electron chi connectivity index (χ2n) is 5.10. The quantitative estimate of drug-likeness (QED) is 0.830. The molecule has 0 fully saturated rings. The Labute approximate surface area is 127 Å². The number of rotatable bonds is 3. The van der Waals surface area contributed by atoms with Crippen LogP contribution in [0.3, 0.4) is 0 Å². The summed E-state index contributed by atoms with van der Waals surface area (Å²) < 4.78 is 19.2. The third kappa shape index (κ3) is 2.93. The van der Waals surface area contributed by atoms with E-state index >= 15 is 0 Å². The van der Waals surface area contributed by atoms with E-state index in [1.807, 2.05) is 18.2 Å². The Morgan fingerprint density at radius 3 is 2.86 bits per heavy atom. The lowest BCUT2D eigenvalue weighted by Gasteiger charge is -2.18. The van der Waals surface area contributed by atoms with Gasteiger partial charge < -0.3 is 4.74 Å². The van der Waals surface area contributed by atoms with Crippen molar-refractivity contribution in [2.75, 3.05) is 0 Å². The van der Waals surface area contributed by atoms with E-state index in [-0.39, 0.29) is 17.4 Å². The Morgan fingerprint density at radius 1 is 1.19 bits per heavy atom. The van der Waals surface area contributed by atoms with Crippen molar-refractivity contribution in [1.82, 2.24) is 0 Å². The average Bonchev–Trinajstić information content (AvgIpc) is 2.49. The Balaban J connectivity index is 1.81. The summed E-state index contributed by atoms with van der Waals surface area (Å²) >= 11 is 5.66. The number of benzene rings is 2. The first-order chi connectivity index (χ1) is 10.1. The molecular formula is C17H14ClFO2. The molecule has 0 atom stereocenters. The van der Waals surface area contributed by atoms with Crippen LogP contribution < -0.4 is 4.74 Å². The molecule has 0 radical (unpaired) electrons. The lowest BCUT2D eigenvalue weighted by molar-refractivity contribution is 0.0971. The first-order valence-electron chi connectivity index (χ1n) is 6.87. The van der Waals surface area contributed by atoms with Gasteiger partial charge in [-0.25, -0.2) is 4.39 Å². The third-order valence-electron chi connectivity index (χ3n) is 3.64. The van der Waals surface area contributed by atoms with Crippen LogP contribution in [-0.4, -0.2) is 5.78 Å². The Bertz CT molecular complexity index is 697. The monoisotopic (exact) mass is 304 g/mol. The second-order valence-corrected chi connectivity index (χ2v) is 5.50. The molecule has 21 heavy (non-hydrogen) atoms. The van der Waals surface area contributed by atoms with Gasteiger partial charge in [-0.2, -0.15) is 0 Å².